The van der Waals surface area contributed by atoms with Gasteiger partial charge in [-0.05, 0) is 49.7 Å². The molecule has 138 valence electrons. The zero-order valence-corrected chi connectivity index (χ0v) is 15.1. The lowest BCUT2D eigenvalue weighted by Gasteiger charge is -2.18. The van der Waals surface area contributed by atoms with Gasteiger partial charge in [-0.1, -0.05) is 30.3 Å². The van der Waals surface area contributed by atoms with Crippen LogP contribution in [0.1, 0.15) is 18.4 Å². The second-order valence-electron chi connectivity index (χ2n) is 6.88. The Labute approximate surface area is 157 Å². The maximum Gasteiger partial charge on any atom is 0.261 e. The van der Waals surface area contributed by atoms with E-state index in [1.807, 2.05) is 30.3 Å². The van der Waals surface area contributed by atoms with Crippen molar-refractivity contribution in [1.82, 2.24) is 14.5 Å². The van der Waals surface area contributed by atoms with Crippen molar-refractivity contribution in [3.05, 3.63) is 70.8 Å². The Morgan fingerprint density at radius 2 is 1.78 bits per heavy atom. The van der Waals surface area contributed by atoms with Crippen LogP contribution >= 0.6 is 0 Å². The van der Waals surface area contributed by atoms with Crippen LogP contribution in [0, 0.1) is 0 Å². The number of rotatable bonds is 5. The molecule has 0 atom stereocenters. The van der Waals surface area contributed by atoms with E-state index < -0.39 is 0 Å². The second-order valence-corrected chi connectivity index (χ2v) is 6.88. The number of carbonyl (C=O) groups is 1. The summed E-state index contributed by atoms with van der Waals surface area (Å²) < 4.78 is 1.35. The lowest BCUT2D eigenvalue weighted by molar-refractivity contribution is -0.116. The summed E-state index contributed by atoms with van der Waals surface area (Å²) in [6.07, 6.45) is 3.89. The molecule has 3 aromatic rings. The molecule has 6 nitrogen and oxygen atoms in total. The third-order valence-corrected chi connectivity index (χ3v) is 4.93. The van der Waals surface area contributed by atoms with Crippen molar-refractivity contribution in [3.63, 3.8) is 0 Å². The number of fused-ring (bicyclic) bond motifs is 1. The van der Waals surface area contributed by atoms with Crippen molar-refractivity contribution in [3.8, 4) is 0 Å². The van der Waals surface area contributed by atoms with Crippen molar-refractivity contribution < 1.29 is 4.79 Å². The summed E-state index contributed by atoms with van der Waals surface area (Å²) in [5.41, 5.74) is 2.32. The van der Waals surface area contributed by atoms with Gasteiger partial charge in [-0.2, -0.15) is 0 Å². The van der Waals surface area contributed by atoms with Gasteiger partial charge in [0.25, 0.3) is 5.56 Å². The van der Waals surface area contributed by atoms with Gasteiger partial charge in [0, 0.05) is 12.2 Å². The van der Waals surface area contributed by atoms with Crippen molar-refractivity contribution in [2.24, 2.45) is 0 Å². The van der Waals surface area contributed by atoms with Crippen molar-refractivity contribution in [1.29, 1.82) is 0 Å². The lowest BCUT2D eigenvalue weighted by atomic mass is 10.1. The number of likely N-dealkylation sites (tertiary alicyclic amines) is 1. The molecule has 0 radical (unpaired) electrons. The normalized spacial score (nSPS) is 14.5. The molecule has 0 bridgehead atoms. The quantitative estimate of drug-likeness (QED) is 0.758. The molecule has 6 heteroatoms. The first-order valence-corrected chi connectivity index (χ1v) is 9.25. The molecule has 27 heavy (non-hydrogen) atoms. The SMILES string of the molecule is O=C(Cn1cnc2ccccc2c1=O)Nc1ccccc1CN1CCCC1. The number of para-hydroxylation sites is 2. The van der Waals surface area contributed by atoms with Crippen molar-refractivity contribution >= 4 is 22.5 Å². The van der Waals surface area contributed by atoms with Gasteiger partial charge in [0.1, 0.15) is 6.54 Å². The molecule has 0 saturated carbocycles. The number of hydrogen-bond donors (Lipinski definition) is 1. The monoisotopic (exact) mass is 362 g/mol. The number of amides is 1. The van der Waals surface area contributed by atoms with Crippen LogP contribution in [-0.4, -0.2) is 33.4 Å². The van der Waals surface area contributed by atoms with Gasteiger partial charge >= 0.3 is 0 Å². The second kappa shape index (κ2) is 7.72. The first kappa shape index (κ1) is 17.4. The molecule has 4 rings (SSSR count). The zero-order valence-electron chi connectivity index (χ0n) is 15.1. The molecule has 1 N–H and O–H groups in total. The Kier molecular flexibility index (Phi) is 4.98. The number of nitrogens with zero attached hydrogens (tertiary/aromatic N) is 3. The Bertz CT molecular complexity index is 1020. The van der Waals surface area contributed by atoms with Crippen LogP contribution in [-0.2, 0) is 17.9 Å². The molecule has 2 heterocycles. The minimum Gasteiger partial charge on any atom is -0.324 e. The molecule has 1 fully saturated rings. The van der Waals surface area contributed by atoms with Crippen LogP contribution in [0.2, 0.25) is 0 Å². The highest BCUT2D eigenvalue weighted by Crippen LogP contribution is 2.20. The summed E-state index contributed by atoms with van der Waals surface area (Å²) in [5.74, 6) is -0.233. The summed E-state index contributed by atoms with van der Waals surface area (Å²) in [6, 6.07) is 15.0. The van der Waals surface area contributed by atoms with E-state index >= 15 is 0 Å². The van der Waals surface area contributed by atoms with E-state index in [0.29, 0.717) is 10.9 Å². The smallest absolute Gasteiger partial charge is 0.261 e. The standard InChI is InChI=1S/C21H22N4O2/c26-20(14-25-15-22-19-10-4-2-8-17(19)21(25)27)23-18-9-3-1-7-16(18)13-24-11-5-6-12-24/h1-4,7-10,15H,5-6,11-14H2,(H,23,26). The Hall–Kier alpha value is -2.99. The van der Waals surface area contributed by atoms with Gasteiger partial charge in [-0.25, -0.2) is 4.98 Å². The average molecular weight is 362 g/mol. The Morgan fingerprint density at radius 1 is 1.04 bits per heavy atom. The minimum atomic E-state index is -0.233. The number of aromatic nitrogens is 2. The molecule has 0 unspecified atom stereocenters. The summed E-state index contributed by atoms with van der Waals surface area (Å²) in [7, 11) is 0. The van der Waals surface area contributed by atoms with Crippen molar-refractivity contribution in [2.45, 2.75) is 25.9 Å². The van der Waals surface area contributed by atoms with Crippen LogP contribution in [0.5, 0.6) is 0 Å². The molecule has 1 aliphatic heterocycles. The first-order chi connectivity index (χ1) is 13.2. The fourth-order valence-electron chi connectivity index (χ4n) is 3.52. The van der Waals surface area contributed by atoms with E-state index in [4.69, 9.17) is 0 Å². The van der Waals surface area contributed by atoms with E-state index in [1.54, 1.807) is 18.2 Å². The summed E-state index contributed by atoms with van der Waals surface area (Å²) in [6.45, 7) is 2.96. The summed E-state index contributed by atoms with van der Waals surface area (Å²) >= 11 is 0. The topological polar surface area (TPSA) is 67.2 Å². The van der Waals surface area contributed by atoms with E-state index in [9.17, 15) is 9.59 Å². The van der Waals surface area contributed by atoms with Crippen LogP contribution in [0.4, 0.5) is 5.69 Å². The van der Waals surface area contributed by atoms with Gasteiger partial charge in [-0.15, -0.1) is 0 Å². The summed E-state index contributed by atoms with van der Waals surface area (Å²) in [4.78, 5) is 31.8. The van der Waals surface area contributed by atoms with Gasteiger partial charge in [0.15, 0.2) is 0 Å². The zero-order chi connectivity index (χ0) is 18.6. The predicted octanol–water partition coefficient (Wildman–Crippen LogP) is 2.63. The van der Waals surface area contributed by atoms with E-state index in [1.165, 1.54) is 23.7 Å². The number of hydrogen-bond acceptors (Lipinski definition) is 4. The highest BCUT2D eigenvalue weighted by molar-refractivity contribution is 5.91. The maximum absolute atomic E-state index is 12.5. The molecule has 1 aliphatic rings. The number of carbonyl (C=O) groups excluding carboxylic acids is 1. The van der Waals surface area contributed by atoms with Crippen LogP contribution in [0.3, 0.4) is 0 Å². The summed E-state index contributed by atoms with van der Waals surface area (Å²) in [5, 5.41) is 3.47. The molecule has 1 saturated heterocycles. The van der Waals surface area contributed by atoms with Crippen LogP contribution in [0.15, 0.2) is 59.7 Å². The largest absolute Gasteiger partial charge is 0.324 e. The number of anilines is 1. The third-order valence-electron chi connectivity index (χ3n) is 4.93. The van der Waals surface area contributed by atoms with Gasteiger partial charge in [-0.3, -0.25) is 19.1 Å². The Morgan fingerprint density at radius 3 is 2.63 bits per heavy atom. The maximum atomic E-state index is 12.5. The molecular weight excluding hydrogens is 340 g/mol. The highest BCUT2D eigenvalue weighted by atomic mass is 16.2. The van der Waals surface area contributed by atoms with E-state index in [0.717, 1.165) is 30.9 Å². The van der Waals surface area contributed by atoms with Gasteiger partial charge in [0.2, 0.25) is 5.91 Å². The van der Waals surface area contributed by atoms with Gasteiger partial charge in [0.05, 0.1) is 17.2 Å². The minimum absolute atomic E-state index is 0.0608. The number of benzene rings is 2. The molecule has 2 aromatic carbocycles. The molecule has 1 aromatic heterocycles. The molecule has 0 spiro atoms. The van der Waals surface area contributed by atoms with E-state index in [-0.39, 0.29) is 18.0 Å². The first-order valence-electron chi connectivity index (χ1n) is 9.25. The predicted molar refractivity (Wildman–Crippen MR) is 106 cm³/mol. The highest BCUT2D eigenvalue weighted by Gasteiger charge is 2.15. The fourth-order valence-corrected chi connectivity index (χ4v) is 3.52. The van der Waals surface area contributed by atoms with Crippen LogP contribution < -0.4 is 10.9 Å². The molecule has 0 aliphatic carbocycles. The fraction of sp³-hybridized carbons (Fsp3) is 0.286. The molecule has 1 amide bonds. The molecular formula is C21H22N4O2. The van der Waals surface area contributed by atoms with Gasteiger partial charge < -0.3 is 5.32 Å². The lowest BCUT2D eigenvalue weighted by Crippen LogP contribution is -2.28. The van der Waals surface area contributed by atoms with E-state index in [2.05, 4.69) is 15.2 Å². The van der Waals surface area contributed by atoms with Crippen LogP contribution in [0.25, 0.3) is 10.9 Å². The Balaban J connectivity index is 1.50. The third kappa shape index (κ3) is 3.90. The number of nitrogens with one attached hydrogen (secondary N) is 1. The average Bonchev–Trinajstić information content (AvgIpc) is 3.19. The van der Waals surface area contributed by atoms with Crippen molar-refractivity contribution in [2.75, 3.05) is 18.4 Å².